The van der Waals surface area contributed by atoms with Crippen molar-refractivity contribution in [2.45, 2.75) is 26.9 Å². The molecule has 0 aliphatic rings. The zero-order chi connectivity index (χ0) is 13.4. The fraction of sp³-hybridized carbons (Fsp3) is 0.692. The SMILES string of the molecule is CCN(CC)CCc1nc(COC)cc(NC)n1. The molecule has 0 radical (unpaired) electrons. The Bertz CT molecular complexity index is 353. The Kier molecular flexibility index (Phi) is 6.60. The number of likely N-dealkylation sites (N-methyl/N-ethyl adjacent to an activating group) is 1. The molecule has 0 atom stereocenters. The summed E-state index contributed by atoms with van der Waals surface area (Å²) in [4.78, 5) is 11.3. The lowest BCUT2D eigenvalue weighted by molar-refractivity contribution is 0.181. The smallest absolute Gasteiger partial charge is 0.132 e. The second-order valence-electron chi connectivity index (χ2n) is 4.12. The minimum absolute atomic E-state index is 0.523. The van der Waals surface area contributed by atoms with Gasteiger partial charge >= 0.3 is 0 Å². The Labute approximate surface area is 110 Å². The predicted octanol–water partition coefficient (Wildman–Crippen LogP) is 1.55. The minimum atomic E-state index is 0.523. The highest BCUT2D eigenvalue weighted by Gasteiger charge is 2.06. The molecule has 0 unspecified atom stereocenters. The number of ether oxygens (including phenoxy) is 1. The Morgan fingerprint density at radius 1 is 1.28 bits per heavy atom. The zero-order valence-corrected chi connectivity index (χ0v) is 11.9. The van der Waals surface area contributed by atoms with Gasteiger partial charge in [-0.15, -0.1) is 0 Å². The molecule has 0 bridgehead atoms. The van der Waals surface area contributed by atoms with E-state index in [4.69, 9.17) is 4.74 Å². The quantitative estimate of drug-likeness (QED) is 0.760. The normalized spacial score (nSPS) is 10.9. The van der Waals surface area contributed by atoms with E-state index in [1.807, 2.05) is 13.1 Å². The van der Waals surface area contributed by atoms with Crippen molar-refractivity contribution in [1.82, 2.24) is 14.9 Å². The lowest BCUT2D eigenvalue weighted by atomic mass is 10.3. The molecule has 18 heavy (non-hydrogen) atoms. The highest BCUT2D eigenvalue weighted by atomic mass is 16.5. The van der Waals surface area contributed by atoms with Crippen LogP contribution >= 0.6 is 0 Å². The first kappa shape index (κ1) is 14.9. The van der Waals surface area contributed by atoms with Gasteiger partial charge in [-0.3, -0.25) is 0 Å². The molecule has 0 saturated heterocycles. The summed E-state index contributed by atoms with van der Waals surface area (Å²) in [7, 11) is 3.55. The van der Waals surface area contributed by atoms with Crippen molar-refractivity contribution in [2.75, 3.05) is 39.1 Å². The molecule has 0 aliphatic carbocycles. The molecule has 0 saturated carbocycles. The van der Waals surface area contributed by atoms with Crippen LogP contribution in [0.3, 0.4) is 0 Å². The molecule has 102 valence electrons. The van der Waals surface area contributed by atoms with Crippen LogP contribution < -0.4 is 5.32 Å². The predicted molar refractivity (Wildman–Crippen MR) is 73.8 cm³/mol. The maximum absolute atomic E-state index is 5.12. The van der Waals surface area contributed by atoms with Crippen molar-refractivity contribution in [2.24, 2.45) is 0 Å². The van der Waals surface area contributed by atoms with Gasteiger partial charge in [0.15, 0.2) is 0 Å². The van der Waals surface area contributed by atoms with Crippen LogP contribution in [0.4, 0.5) is 5.82 Å². The number of nitrogens with one attached hydrogen (secondary N) is 1. The standard InChI is InChI=1S/C13H24N4O/c1-5-17(6-2)8-7-12-15-11(10-18-4)9-13(14-3)16-12/h9H,5-8,10H2,1-4H3,(H,14,15,16). The van der Waals surface area contributed by atoms with Crippen molar-refractivity contribution in [3.05, 3.63) is 17.6 Å². The molecule has 1 N–H and O–H groups in total. The second-order valence-corrected chi connectivity index (χ2v) is 4.12. The molecule has 5 nitrogen and oxygen atoms in total. The fourth-order valence-electron chi connectivity index (χ4n) is 1.81. The number of hydrogen-bond donors (Lipinski definition) is 1. The topological polar surface area (TPSA) is 50.3 Å². The van der Waals surface area contributed by atoms with Gasteiger partial charge in [0.05, 0.1) is 12.3 Å². The Morgan fingerprint density at radius 2 is 2.00 bits per heavy atom. The third-order valence-electron chi connectivity index (χ3n) is 2.92. The Balaban J connectivity index is 2.71. The van der Waals surface area contributed by atoms with Gasteiger partial charge in [-0.25, -0.2) is 9.97 Å². The number of anilines is 1. The van der Waals surface area contributed by atoms with Crippen molar-refractivity contribution < 1.29 is 4.74 Å². The van der Waals surface area contributed by atoms with Crippen LogP contribution in [0.25, 0.3) is 0 Å². The third-order valence-corrected chi connectivity index (χ3v) is 2.92. The summed E-state index contributed by atoms with van der Waals surface area (Å²) in [6.07, 6.45) is 0.869. The maximum Gasteiger partial charge on any atom is 0.132 e. The van der Waals surface area contributed by atoms with Crippen molar-refractivity contribution in [1.29, 1.82) is 0 Å². The molecule has 0 amide bonds. The average molecular weight is 252 g/mol. The number of aromatic nitrogens is 2. The molecule has 1 heterocycles. The first-order chi connectivity index (χ1) is 8.73. The number of methoxy groups -OCH3 is 1. The fourth-order valence-corrected chi connectivity index (χ4v) is 1.81. The molecular formula is C13H24N4O. The summed E-state index contributed by atoms with van der Waals surface area (Å²) < 4.78 is 5.12. The van der Waals surface area contributed by atoms with Crippen molar-refractivity contribution in [3.63, 3.8) is 0 Å². The van der Waals surface area contributed by atoms with E-state index in [0.29, 0.717) is 6.61 Å². The molecule has 5 heteroatoms. The van der Waals surface area contributed by atoms with E-state index in [9.17, 15) is 0 Å². The highest BCUT2D eigenvalue weighted by Crippen LogP contribution is 2.08. The van der Waals surface area contributed by atoms with Gasteiger partial charge in [0.25, 0.3) is 0 Å². The summed E-state index contributed by atoms with van der Waals surface area (Å²) in [5.41, 5.74) is 0.923. The molecular weight excluding hydrogens is 228 g/mol. The second kappa shape index (κ2) is 8.00. The van der Waals surface area contributed by atoms with E-state index in [1.54, 1.807) is 7.11 Å². The Morgan fingerprint density at radius 3 is 2.56 bits per heavy atom. The van der Waals surface area contributed by atoms with E-state index >= 15 is 0 Å². The van der Waals surface area contributed by atoms with Crippen LogP contribution in [-0.2, 0) is 17.8 Å². The van der Waals surface area contributed by atoms with Gasteiger partial charge in [-0.1, -0.05) is 13.8 Å². The molecule has 1 aromatic rings. The average Bonchev–Trinajstić information content (AvgIpc) is 2.40. The van der Waals surface area contributed by atoms with Crippen LogP contribution in [0.5, 0.6) is 0 Å². The van der Waals surface area contributed by atoms with Crippen LogP contribution in [0, 0.1) is 0 Å². The summed E-state index contributed by atoms with van der Waals surface area (Å²) in [5.74, 6) is 1.73. The van der Waals surface area contributed by atoms with Gasteiger partial charge in [0.2, 0.25) is 0 Å². The maximum atomic E-state index is 5.12. The Hall–Kier alpha value is -1.20. The van der Waals surface area contributed by atoms with Crippen LogP contribution in [0.1, 0.15) is 25.4 Å². The molecule has 1 rings (SSSR count). The minimum Gasteiger partial charge on any atom is -0.378 e. The van der Waals surface area contributed by atoms with E-state index in [1.165, 1.54) is 0 Å². The summed E-state index contributed by atoms with van der Waals surface area (Å²) in [5, 5.41) is 3.06. The van der Waals surface area contributed by atoms with Crippen molar-refractivity contribution in [3.8, 4) is 0 Å². The molecule has 0 aromatic carbocycles. The van der Waals surface area contributed by atoms with E-state index < -0.39 is 0 Å². The van der Waals surface area contributed by atoms with Gasteiger partial charge in [-0.05, 0) is 13.1 Å². The first-order valence-electron chi connectivity index (χ1n) is 6.49. The largest absolute Gasteiger partial charge is 0.378 e. The third kappa shape index (κ3) is 4.58. The molecule has 0 aliphatic heterocycles. The lowest BCUT2D eigenvalue weighted by Gasteiger charge is -2.17. The van der Waals surface area contributed by atoms with Crippen LogP contribution in [0.2, 0.25) is 0 Å². The summed E-state index contributed by atoms with van der Waals surface area (Å²) in [6.45, 7) is 7.98. The number of nitrogens with zero attached hydrogens (tertiary/aromatic N) is 3. The van der Waals surface area contributed by atoms with E-state index in [0.717, 1.165) is 43.4 Å². The summed E-state index contributed by atoms with van der Waals surface area (Å²) >= 11 is 0. The number of hydrogen-bond acceptors (Lipinski definition) is 5. The summed E-state index contributed by atoms with van der Waals surface area (Å²) in [6, 6.07) is 1.92. The monoisotopic (exact) mass is 252 g/mol. The van der Waals surface area contributed by atoms with Crippen LogP contribution in [-0.4, -0.2) is 48.7 Å². The van der Waals surface area contributed by atoms with E-state index in [2.05, 4.69) is 34.0 Å². The first-order valence-corrected chi connectivity index (χ1v) is 6.49. The highest BCUT2D eigenvalue weighted by molar-refractivity contribution is 5.35. The molecule has 1 aromatic heterocycles. The van der Waals surface area contributed by atoms with Gasteiger partial charge < -0.3 is 15.0 Å². The van der Waals surface area contributed by atoms with Gasteiger partial charge in [0.1, 0.15) is 11.6 Å². The van der Waals surface area contributed by atoms with Crippen LogP contribution in [0.15, 0.2) is 6.07 Å². The van der Waals surface area contributed by atoms with Crippen molar-refractivity contribution >= 4 is 5.82 Å². The van der Waals surface area contributed by atoms with Gasteiger partial charge in [-0.2, -0.15) is 0 Å². The molecule has 0 fully saturated rings. The molecule has 0 spiro atoms. The van der Waals surface area contributed by atoms with E-state index in [-0.39, 0.29) is 0 Å². The number of rotatable bonds is 8. The van der Waals surface area contributed by atoms with Gasteiger partial charge in [0, 0.05) is 33.2 Å². The lowest BCUT2D eigenvalue weighted by Crippen LogP contribution is -2.26. The zero-order valence-electron chi connectivity index (χ0n) is 11.9.